The normalized spacial score (nSPS) is 51.3. The summed E-state index contributed by atoms with van der Waals surface area (Å²) in [5, 5.41) is 22.2. The van der Waals surface area contributed by atoms with Crippen molar-refractivity contribution in [2.75, 3.05) is 0 Å². The summed E-state index contributed by atoms with van der Waals surface area (Å²) in [7, 11) is 0. The molecule has 4 nitrogen and oxygen atoms in total. The molecule has 3 saturated carbocycles. The minimum absolute atomic E-state index is 0.0118. The van der Waals surface area contributed by atoms with Crippen LogP contribution in [0.2, 0.25) is 0 Å². The minimum atomic E-state index is -1.98. The fourth-order valence-electron chi connectivity index (χ4n) is 6.79. The Morgan fingerprint density at radius 2 is 2.00 bits per heavy atom. The quantitative estimate of drug-likeness (QED) is 0.740. The fraction of sp³-hybridized carbons (Fsp3) is 0.636. The second-order valence-electron chi connectivity index (χ2n) is 9.38. The molecule has 5 heteroatoms. The number of alkyl halides is 1. The zero-order chi connectivity index (χ0) is 20.0. The number of carbonyl (C=O) groups excluding carboxylic acids is 2. The molecule has 0 unspecified atom stereocenters. The minimum Gasteiger partial charge on any atom is -0.390 e. The topological polar surface area (TPSA) is 74.6 Å². The number of rotatable bonds is 1. The van der Waals surface area contributed by atoms with Crippen LogP contribution in [0.4, 0.5) is 4.39 Å². The highest BCUT2D eigenvalue weighted by Gasteiger charge is 2.74. The third-order valence-electron chi connectivity index (χ3n) is 8.36. The lowest BCUT2D eigenvalue weighted by Crippen LogP contribution is -2.69. The van der Waals surface area contributed by atoms with E-state index in [4.69, 9.17) is 0 Å². The van der Waals surface area contributed by atoms with Crippen LogP contribution in [0.3, 0.4) is 0 Å². The van der Waals surface area contributed by atoms with E-state index in [1.165, 1.54) is 19.1 Å². The second-order valence-corrected chi connectivity index (χ2v) is 9.38. The van der Waals surface area contributed by atoms with Gasteiger partial charge in [0.05, 0.1) is 6.10 Å². The first-order valence-electron chi connectivity index (χ1n) is 9.66. The van der Waals surface area contributed by atoms with Gasteiger partial charge in [-0.3, -0.25) is 9.59 Å². The highest BCUT2D eigenvalue weighted by Crippen LogP contribution is 2.70. The molecule has 0 aromatic heterocycles. The standard InChI is InChI=1S/C22H27FO4/c1-12-9-17-15-6-8-21(27,13(2)24)20(15,4)11-18(26)22(17,23)19(3)7-5-14(25)10-16(12)19/h5,7,10,15,17-18,26-27H,1,6,8-9,11H2,2-4H3/t15-,17-,18-,19-,20-,21-,22-/m0/s1. The smallest absolute Gasteiger partial charge is 0.178 e. The number of carbonyl (C=O) groups is 2. The summed E-state index contributed by atoms with van der Waals surface area (Å²) in [4.78, 5) is 24.2. The molecule has 4 aliphatic rings. The van der Waals surface area contributed by atoms with Gasteiger partial charge in [-0.15, -0.1) is 0 Å². The van der Waals surface area contributed by atoms with Crippen LogP contribution in [0.5, 0.6) is 0 Å². The second kappa shape index (κ2) is 5.26. The number of aliphatic hydroxyl groups is 2. The van der Waals surface area contributed by atoms with Crippen LogP contribution >= 0.6 is 0 Å². The summed E-state index contributed by atoms with van der Waals surface area (Å²) in [6.07, 6.45) is 4.14. The molecule has 0 aliphatic heterocycles. The van der Waals surface area contributed by atoms with Crippen LogP contribution in [-0.2, 0) is 9.59 Å². The molecule has 0 spiro atoms. The zero-order valence-corrected chi connectivity index (χ0v) is 16.1. The van der Waals surface area contributed by atoms with Gasteiger partial charge in [-0.1, -0.05) is 25.2 Å². The highest BCUT2D eigenvalue weighted by atomic mass is 19.1. The fourth-order valence-corrected chi connectivity index (χ4v) is 6.79. The molecule has 27 heavy (non-hydrogen) atoms. The molecule has 3 fully saturated rings. The Bertz CT molecular complexity index is 828. The van der Waals surface area contributed by atoms with E-state index >= 15 is 4.39 Å². The molecular formula is C22H27FO4. The van der Waals surface area contributed by atoms with Crippen molar-refractivity contribution in [1.29, 1.82) is 0 Å². The van der Waals surface area contributed by atoms with Crippen molar-refractivity contribution in [2.24, 2.45) is 22.7 Å². The van der Waals surface area contributed by atoms with Crippen LogP contribution < -0.4 is 0 Å². The molecule has 0 aromatic rings. The van der Waals surface area contributed by atoms with E-state index in [1.807, 2.05) is 6.92 Å². The summed E-state index contributed by atoms with van der Waals surface area (Å²) >= 11 is 0. The average Bonchev–Trinajstić information content (AvgIpc) is 2.85. The van der Waals surface area contributed by atoms with Crippen LogP contribution in [-0.4, -0.2) is 39.2 Å². The van der Waals surface area contributed by atoms with Crippen molar-refractivity contribution >= 4 is 11.6 Å². The lowest BCUT2D eigenvalue weighted by Gasteiger charge is -2.62. The number of halogens is 1. The van der Waals surface area contributed by atoms with Gasteiger partial charge in [0.2, 0.25) is 0 Å². The Kier molecular flexibility index (Phi) is 3.66. The molecule has 0 heterocycles. The molecule has 2 N–H and O–H groups in total. The van der Waals surface area contributed by atoms with Gasteiger partial charge in [0, 0.05) is 16.7 Å². The number of aliphatic hydroxyl groups excluding tert-OH is 1. The Morgan fingerprint density at radius 3 is 2.63 bits per heavy atom. The van der Waals surface area contributed by atoms with Gasteiger partial charge in [-0.25, -0.2) is 4.39 Å². The maximum atomic E-state index is 16.8. The summed E-state index contributed by atoms with van der Waals surface area (Å²) in [6, 6.07) is 0. The number of Topliss-reactive ketones (excluding diaryl/α,β-unsaturated/α-hetero) is 1. The Hall–Kier alpha value is -1.59. The van der Waals surface area contributed by atoms with Gasteiger partial charge in [0.1, 0.15) is 5.60 Å². The summed E-state index contributed by atoms with van der Waals surface area (Å²) in [5.74, 6) is -1.35. The predicted octanol–water partition coefficient (Wildman–Crippen LogP) is 2.84. The summed E-state index contributed by atoms with van der Waals surface area (Å²) in [5.41, 5.74) is -4.32. The van der Waals surface area contributed by atoms with Gasteiger partial charge in [0.15, 0.2) is 17.2 Å². The van der Waals surface area contributed by atoms with E-state index in [1.54, 1.807) is 13.0 Å². The van der Waals surface area contributed by atoms with Crippen molar-refractivity contribution in [2.45, 2.75) is 63.8 Å². The Morgan fingerprint density at radius 1 is 1.33 bits per heavy atom. The maximum Gasteiger partial charge on any atom is 0.178 e. The van der Waals surface area contributed by atoms with E-state index in [9.17, 15) is 19.8 Å². The van der Waals surface area contributed by atoms with Gasteiger partial charge in [-0.2, -0.15) is 0 Å². The molecule has 0 saturated heterocycles. The van der Waals surface area contributed by atoms with Gasteiger partial charge < -0.3 is 10.2 Å². The van der Waals surface area contributed by atoms with E-state index in [2.05, 4.69) is 6.58 Å². The van der Waals surface area contributed by atoms with E-state index in [-0.39, 0.29) is 30.3 Å². The first-order valence-corrected chi connectivity index (χ1v) is 9.66. The number of hydrogen-bond acceptors (Lipinski definition) is 4. The largest absolute Gasteiger partial charge is 0.390 e. The number of allylic oxidation sites excluding steroid dienone is 5. The lowest BCUT2D eigenvalue weighted by atomic mass is 9.44. The zero-order valence-electron chi connectivity index (χ0n) is 16.1. The molecule has 0 radical (unpaired) electrons. The molecule has 4 rings (SSSR count). The first kappa shape index (κ1) is 18.8. The van der Waals surface area contributed by atoms with Crippen LogP contribution in [0.15, 0.2) is 36.0 Å². The molecular weight excluding hydrogens is 347 g/mol. The average molecular weight is 374 g/mol. The van der Waals surface area contributed by atoms with Gasteiger partial charge in [0.25, 0.3) is 0 Å². The van der Waals surface area contributed by atoms with Crippen LogP contribution in [0, 0.1) is 22.7 Å². The summed E-state index contributed by atoms with van der Waals surface area (Å²) in [6.45, 7) is 9.00. The van der Waals surface area contributed by atoms with Gasteiger partial charge >= 0.3 is 0 Å². The number of ketones is 2. The van der Waals surface area contributed by atoms with Crippen molar-refractivity contribution in [3.05, 3.63) is 36.0 Å². The highest BCUT2D eigenvalue weighted by molar-refractivity contribution is 6.02. The van der Waals surface area contributed by atoms with E-state index < -0.39 is 34.1 Å². The van der Waals surface area contributed by atoms with Crippen LogP contribution in [0.25, 0.3) is 0 Å². The van der Waals surface area contributed by atoms with Crippen molar-refractivity contribution in [3.63, 3.8) is 0 Å². The Labute approximate surface area is 158 Å². The van der Waals surface area contributed by atoms with Gasteiger partial charge in [-0.05, 0) is 63.2 Å². The predicted molar refractivity (Wildman–Crippen MR) is 98.5 cm³/mol. The molecule has 4 aliphatic carbocycles. The van der Waals surface area contributed by atoms with Crippen molar-refractivity contribution < 1.29 is 24.2 Å². The third kappa shape index (κ3) is 1.94. The Balaban J connectivity index is 1.88. The lowest BCUT2D eigenvalue weighted by molar-refractivity contribution is -0.212. The third-order valence-corrected chi connectivity index (χ3v) is 8.36. The number of fused-ring (bicyclic) bond motifs is 5. The van der Waals surface area contributed by atoms with E-state index in [0.717, 1.165) is 0 Å². The van der Waals surface area contributed by atoms with E-state index in [0.29, 0.717) is 24.0 Å². The SMILES string of the molecule is C=C1C[C@H]2[C@@H]3CC[C@](O)(C(C)=O)[C@@]3(C)C[C@H](O)[C@]2(F)[C@@]2(C)C=CC(=O)C=C12. The number of hydrogen-bond donors (Lipinski definition) is 2. The summed E-state index contributed by atoms with van der Waals surface area (Å²) < 4.78 is 16.8. The molecule has 0 bridgehead atoms. The van der Waals surface area contributed by atoms with Crippen LogP contribution in [0.1, 0.15) is 46.5 Å². The molecule has 7 atom stereocenters. The maximum absolute atomic E-state index is 16.8. The monoisotopic (exact) mass is 374 g/mol. The van der Waals surface area contributed by atoms with Crippen molar-refractivity contribution in [1.82, 2.24) is 0 Å². The van der Waals surface area contributed by atoms with Crippen molar-refractivity contribution in [3.8, 4) is 0 Å². The molecule has 0 aromatic carbocycles. The molecule has 146 valence electrons. The molecule has 0 amide bonds. The first-order chi connectivity index (χ1) is 12.4.